The number of thiophene rings is 1. The molecule has 1 atom stereocenters. The Hall–Kier alpha value is -2.02. The van der Waals surface area contributed by atoms with Crippen LogP contribution in [0, 0.1) is 0 Å². The Morgan fingerprint density at radius 3 is 2.95 bits per heavy atom. The molecule has 0 saturated heterocycles. The second-order valence-corrected chi connectivity index (χ2v) is 5.61. The SMILES string of the molecule is FC1(F)CC1Nc1n[nH]c2nccc(-c3ccsc3)c12. The maximum absolute atomic E-state index is 13.0. The molecular weight excluding hydrogens is 282 g/mol. The van der Waals surface area contributed by atoms with Gasteiger partial charge in [0.15, 0.2) is 11.5 Å². The van der Waals surface area contributed by atoms with Crippen molar-refractivity contribution in [3.05, 3.63) is 29.1 Å². The Balaban J connectivity index is 1.82. The van der Waals surface area contributed by atoms with E-state index in [1.807, 2.05) is 22.9 Å². The highest BCUT2D eigenvalue weighted by Crippen LogP contribution is 2.44. The van der Waals surface area contributed by atoms with Crippen molar-refractivity contribution < 1.29 is 8.78 Å². The lowest BCUT2D eigenvalue weighted by molar-refractivity contribution is 0.115. The number of hydrogen-bond donors (Lipinski definition) is 2. The summed E-state index contributed by atoms with van der Waals surface area (Å²) < 4.78 is 26.1. The minimum Gasteiger partial charge on any atom is -0.359 e. The van der Waals surface area contributed by atoms with Gasteiger partial charge >= 0.3 is 0 Å². The lowest BCUT2D eigenvalue weighted by Gasteiger charge is -2.05. The van der Waals surface area contributed by atoms with Gasteiger partial charge in [0.1, 0.15) is 0 Å². The number of pyridine rings is 1. The average molecular weight is 292 g/mol. The molecule has 3 aromatic rings. The third kappa shape index (κ3) is 1.77. The van der Waals surface area contributed by atoms with Crippen LogP contribution in [0.15, 0.2) is 29.1 Å². The summed E-state index contributed by atoms with van der Waals surface area (Å²) in [5.41, 5.74) is 2.58. The van der Waals surface area contributed by atoms with E-state index in [2.05, 4.69) is 20.5 Å². The van der Waals surface area contributed by atoms with Crippen LogP contribution in [-0.4, -0.2) is 27.1 Å². The number of rotatable bonds is 3. The van der Waals surface area contributed by atoms with Crippen molar-refractivity contribution in [2.75, 3.05) is 5.32 Å². The first-order valence-electron chi connectivity index (χ1n) is 6.15. The molecule has 1 aliphatic rings. The third-order valence-electron chi connectivity index (χ3n) is 3.43. The van der Waals surface area contributed by atoms with Crippen molar-refractivity contribution in [3.8, 4) is 11.1 Å². The number of nitrogens with one attached hydrogen (secondary N) is 2. The first kappa shape index (κ1) is 11.8. The standard InChI is InChI=1S/C13H10F2N4S/c14-13(15)5-9(13)17-12-10-8(7-2-4-20-6-7)1-3-16-11(10)18-19-12/h1-4,6,9H,5H2,(H2,16,17,18,19). The predicted octanol–water partition coefficient (Wildman–Crippen LogP) is 3.51. The van der Waals surface area contributed by atoms with Gasteiger partial charge in [0.2, 0.25) is 0 Å². The number of nitrogens with zero attached hydrogens (tertiary/aromatic N) is 2. The van der Waals surface area contributed by atoms with Crippen molar-refractivity contribution in [1.29, 1.82) is 0 Å². The predicted molar refractivity (Wildman–Crippen MR) is 74.2 cm³/mol. The second-order valence-electron chi connectivity index (χ2n) is 4.83. The molecule has 0 bridgehead atoms. The zero-order chi connectivity index (χ0) is 13.7. The summed E-state index contributed by atoms with van der Waals surface area (Å²) in [5, 5.41) is 14.4. The molecule has 1 aliphatic carbocycles. The van der Waals surface area contributed by atoms with E-state index in [9.17, 15) is 8.78 Å². The highest BCUT2D eigenvalue weighted by molar-refractivity contribution is 7.08. The summed E-state index contributed by atoms with van der Waals surface area (Å²) in [7, 11) is 0. The van der Waals surface area contributed by atoms with Gasteiger partial charge in [0.05, 0.1) is 11.4 Å². The molecule has 0 amide bonds. The Kier molecular flexibility index (Phi) is 2.35. The number of anilines is 1. The van der Waals surface area contributed by atoms with Crippen molar-refractivity contribution in [2.24, 2.45) is 0 Å². The van der Waals surface area contributed by atoms with Gasteiger partial charge in [-0.3, -0.25) is 5.10 Å². The Bertz CT molecular complexity index is 766. The maximum Gasteiger partial charge on any atom is 0.270 e. The van der Waals surface area contributed by atoms with Gasteiger partial charge in [0, 0.05) is 12.6 Å². The molecular formula is C13H10F2N4S. The van der Waals surface area contributed by atoms with E-state index >= 15 is 0 Å². The van der Waals surface area contributed by atoms with Gasteiger partial charge in [-0.05, 0) is 34.0 Å². The second kappa shape index (κ2) is 3.99. The largest absolute Gasteiger partial charge is 0.359 e. The molecule has 1 saturated carbocycles. The summed E-state index contributed by atoms with van der Waals surface area (Å²) >= 11 is 1.59. The number of halogens is 2. The minimum absolute atomic E-state index is 0.143. The molecule has 4 nitrogen and oxygen atoms in total. The molecule has 3 heterocycles. The maximum atomic E-state index is 13.0. The van der Waals surface area contributed by atoms with E-state index in [1.165, 1.54) is 0 Å². The Labute approximate surface area is 116 Å². The van der Waals surface area contributed by atoms with E-state index in [1.54, 1.807) is 17.5 Å². The molecule has 20 heavy (non-hydrogen) atoms. The van der Waals surface area contributed by atoms with Crippen LogP contribution >= 0.6 is 11.3 Å². The fourth-order valence-corrected chi connectivity index (χ4v) is 2.90. The number of alkyl halides is 2. The first-order valence-corrected chi connectivity index (χ1v) is 7.09. The molecule has 0 spiro atoms. The molecule has 1 fully saturated rings. The fraction of sp³-hybridized carbons (Fsp3) is 0.231. The summed E-state index contributed by atoms with van der Waals surface area (Å²) in [6.45, 7) is 0. The van der Waals surface area contributed by atoms with Gasteiger partial charge in [0.25, 0.3) is 5.92 Å². The molecule has 2 N–H and O–H groups in total. The van der Waals surface area contributed by atoms with Crippen molar-refractivity contribution in [3.63, 3.8) is 0 Å². The Morgan fingerprint density at radius 1 is 1.40 bits per heavy atom. The van der Waals surface area contributed by atoms with Gasteiger partial charge in [-0.15, -0.1) is 0 Å². The number of hydrogen-bond acceptors (Lipinski definition) is 4. The topological polar surface area (TPSA) is 53.6 Å². The number of fused-ring (bicyclic) bond motifs is 1. The van der Waals surface area contributed by atoms with E-state index in [4.69, 9.17) is 0 Å². The van der Waals surface area contributed by atoms with Gasteiger partial charge in [-0.1, -0.05) is 0 Å². The normalized spacial score (nSPS) is 20.2. The summed E-state index contributed by atoms with van der Waals surface area (Å²) in [6.07, 6.45) is 1.54. The van der Waals surface area contributed by atoms with Crippen LogP contribution in [-0.2, 0) is 0 Å². The first-order chi connectivity index (χ1) is 9.65. The van der Waals surface area contributed by atoms with Crippen molar-refractivity contribution in [1.82, 2.24) is 15.2 Å². The lowest BCUT2D eigenvalue weighted by atomic mass is 10.1. The molecule has 0 radical (unpaired) electrons. The van der Waals surface area contributed by atoms with Crippen molar-refractivity contribution >= 4 is 28.2 Å². The number of H-pyrrole nitrogens is 1. The van der Waals surface area contributed by atoms with Crippen LogP contribution in [0.2, 0.25) is 0 Å². The van der Waals surface area contributed by atoms with E-state index < -0.39 is 12.0 Å². The quantitative estimate of drug-likeness (QED) is 0.776. The molecule has 0 aromatic carbocycles. The molecule has 3 aromatic heterocycles. The van der Waals surface area contributed by atoms with Gasteiger partial charge < -0.3 is 5.32 Å². The zero-order valence-electron chi connectivity index (χ0n) is 10.2. The highest BCUT2D eigenvalue weighted by atomic mass is 32.1. The lowest BCUT2D eigenvalue weighted by Crippen LogP contribution is -2.10. The molecule has 7 heteroatoms. The Morgan fingerprint density at radius 2 is 2.25 bits per heavy atom. The van der Waals surface area contributed by atoms with Crippen LogP contribution in [0.4, 0.5) is 14.6 Å². The minimum atomic E-state index is -2.63. The van der Waals surface area contributed by atoms with Crippen LogP contribution in [0.5, 0.6) is 0 Å². The van der Waals surface area contributed by atoms with Crippen molar-refractivity contribution in [2.45, 2.75) is 18.4 Å². The summed E-state index contributed by atoms with van der Waals surface area (Å²) in [5.74, 6) is -2.19. The van der Waals surface area contributed by atoms with E-state index in [0.29, 0.717) is 11.5 Å². The fourth-order valence-electron chi connectivity index (χ4n) is 2.25. The molecule has 4 rings (SSSR count). The third-order valence-corrected chi connectivity index (χ3v) is 4.11. The van der Waals surface area contributed by atoms with Gasteiger partial charge in [-0.25, -0.2) is 13.8 Å². The molecule has 0 aliphatic heterocycles. The monoisotopic (exact) mass is 292 g/mol. The van der Waals surface area contributed by atoms with Crippen LogP contribution in [0.1, 0.15) is 6.42 Å². The molecule has 1 unspecified atom stereocenters. The number of aromatic nitrogens is 3. The summed E-state index contributed by atoms with van der Waals surface area (Å²) in [6, 6.07) is 3.03. The molecule has 102 valence electrons. The summed E-state index contributed by atoms with van der Waals surface area (Å²) in [4.78, 5) is 4.19. The zero-order valence-corrected chi connectivity index (χ0v) is 11.0. The number of aromatic amines is 1. The van der Waals surface area contributed by atoms with Crippen LogP contribution < -0.4 is 5.32 Å². The average Bonchev–Trinajstić information content (AvgIpc) is 2.88. The van der Waals surface area contributed by atoms with Crippen LogP contribution in [0.25, 0.3) is 22.2 Å². The van der Waals surface area contributed by atoms with E-state index in [-0.39, 0.29) is 6.42 Å². The van der Waals surface area contributed by atoms with E-state index in [0.717, 1.165) is 16.5 Å². The smallest absolute Gasteiger partial charge is 0.270 e. The van der Waals surface area contributed by atoms with Gasteiger partial charge in [-0.2, -0.15) is 16.4 Å². The van der Waals surface area contributed by atoms with Crippen LogP contribution in [0.3, 0.4) is 0 Å². The highest BCUT2D eigenvalue weighted by Gasteiger charge is 2.57.